The highest BCUT2D eigenvalue weighted by molar-refractivity contribution is 14.0. The summed E-state index contributed by atoms with van der Waals surface area (Å²) in [7, 11) is 0. The number of fused-ring (bicyclic) bond motifs is 1. The van der Waals surface area contributed by atoms with Crippen LogP contribution < -0.4 is 15.4 Å². The zero-order chi connectivity index (χ0) is 18.4. The SMILES string of the molecule is CCNC(=NCCc1nc(C(C)C)no1)NC1CCOc2ccccc21.I. The second-order valence-corrected chi connectivity index (χ2v) is 6.58. The summed E-state index contributed by atoms with van der Waals surface area (Å²) >= 11 is 0. The minimum Gasteiger partial charge on any atom is -0.493 e. The molecule has 0 spiro atoms. The molecule has 1 aromatic heterocycles. The van der Waals surface area contributed by atoms with Gasteiger partial charge in [-0.25, -0.2) is 0 Å². The largest absolute Gasteiger partial charge is 0.493 e. The molecular formula is C19H28IN5O2. The summed E-state index contributed by atoms with van der Waals surface area (Å²) in [6, 6.07) is 8.33. The van der Waals surface area contributed by atoms with Gasteiger partial charge in [0.15, 0.2) is 11.8 Å². The number of nitrogens with one attached hydrogen (secondary N) is 2. The molecular weight excluding hydrogens is 457 g/mol. The van der Waals surface area contributed by atoms with E-state index in [2.05, 4.69) is 38.8 Å². The van der Waals surface area contributed by atoms with Crippen molar-refractivity contribution in [1.29, 1.82) is 0 Å². The van der Waals surface area contributed by atoms with Crippen molar-refractivity contribution in [2.24, 2.45) is 4.99 Å². The molecule has 0 amide bonds. The van der Waals surface area contributed by atoms with Gasteiger partial charge in [-0.1, -0.05) is 37.2 Å². The van der Waals surface area contributed by atoms with Crippen LogP contribution in [0.25, 0.3) is 0 Å². The van der Waals surface area contributed by atoms with Gasteiger partial charge in [0.1, 0.15) is 5.75 Å². The minimum absolute atomic E-state index is 0. The first-order valence-corrected chi connectivity index (χ1v) is 9.26. The first-order valence-electron chi connectivity index (χ1n) is 9.26. The lowest BCUT2D eigenvalue weighted by Gasteiger charge is -2.28. The summed E-state index contributed by atoms with van der Waals surface area (Å²) in [5.41, 5.74) is 1.17. The lowest BCUT2D eigenvalue weighted by Crippen LogP contribution is -2.41. The molecule has 7 nitrogen and oxygen atoms in total. The normalized spacial score (nSPS) is 16.3. The zero-order valence-electron chi connectivity index (χ0n) is 16.1. The number of hydrogen-bond donors (Lipinski definition) is 2. The van der Waals surface area contributed by atoms with Crippen LogP contribution in [0, 0.1) is 0 Å². The second kappa shape index (κ2) is 10.5. The van der Waals surface area contributed by atoms with Crippen molar-refractivity contribution in [3.63, 3.8) is 0 Å². The van der Waals surface area contributed by atoms with Crippen LogP contribution in [0.3, 0.4) is 0 Å². The first-order chi connectivity index (χ1) is 12.7. The number of aliphatic imine (C=N–C) groups is 1. The van der Waals surface area contributed by atoms with E-state index in [0.29, 0.717) is 25.5 Å². The van der Waals surface area contributed by atoms with E-state index in [1.165, 1.54) is 5.56 Å². The Kier molecular flexibility index (Phi) is 8.33. The number of guanidine groups is 1. The number of nitrogens with zero attached hydrogens (tertiary/aromatic N) is 3. The van der Waals surface area contributed by atoms with Gasteiger partial charge in [0.2, 0.25) is 5.89 Å². The predicted molar refractivity (Wildman–Crippen MR) is 116 cm³/mol. The average Bonchev–Trinajstić information content (AvgIpc) is 3.11. The molecule has 0 saturated heterocycles. The average molecular weight is 485 g/mol. The monoisotopic (exact) mass is 485 g/mol. The third-order valence-corrected chi connectivity index (χ3v) is 4.21. The Morgan fingerprint density at radius 3 is 2.89 bits per heavy atom. The number of halogens is 1. The molecule has 1 atom stereocenters. The number of aromatic nitrogens is 2. The summed E-state index contributed by atoms with van der Waals surface area (Å²) in [5, 5.41) is 10.8. The summed E-state index contributed by atoms with van der Waals surface area (Å²) in [5.74, 6) is 3.37. The Bertz CT molecular complexity index is 747. The van der Waals surface area contributed by atoms with Crippen molar-refractivity contribution in [2.45, 2.75) is 45.6 Å². The quantitative estimate of drug-likeness (QED) is 0.371. The Hall–Kier alpha value is -1.84. The minimum atomic E-state index is 0. The number of hydrogen-bond acceptors (Lipinski definition) is 5. The van der Waals surface area contributed by atoms with Crippen LogP contribution in [0.4, 0.5) is 0 Å². The van der Waals surface area contributed by atoms with Crippen molar-refractivity contribution in [2.75, 3.05) is 19.7 Å². The Balaban J connectivity index is 0.00000261. The van der Waals surface area contributed by atoms with Gasteiger partial charge in [-0.05, 0) is 13.0 Å². The van der Waals surface area contributed by atoms with E-state index in [1.54, 1.807) is 0 Å². The van der Waals surface area contributed by atoms with E-state index in [1.807, 2.05) is 32.0 Å². The van der Waals surface area contributed by atoms with E-state index in [9.17, 15) is 0 Å². The van der Waals surface area contributed by atoms with Gasteiger partial charge >= 0.3 is 0 Å². The van der Waals surface area contributed by atoms with Crippen molar-refractivity contribution in [3.05, 3.63) is 41.5 Å². The highest BCUT2D eigenvalue weighted by Gasteiger charge is 2.21. The highest BCUT2D eigenvalue weighted by Crippen LogP contribution is 2.31. The van der Waals surface area contributed by atoms with Gasteiger partial charge in [-0.2, -0.15) is 4.98 Å². The molecule has 0 saturated carbocycles. The molecule has 2 N–H and O–H groups in total. The maximum absolute atomic E-state index is 5.73. The van der Waals surface area contributed by atoms with Crippen molar-refractivity contribution >= 4 is 29.9 Å². The van der Waals surface area contributed by atoms with E-state index >= 15 is 0 Å². The molecule has 0 radical (unpaired) electrons. The van der Waals surface area contributed by atoms with Gasteiger partial charge in [0.05, 0.1) is 19.2 Å². The summed E-state index contributed by atoms with van der Waals surface area (Å²) in [6.07, 6.45) is 1.53. The van der Waals surface area contributed by atoms with Gasteiger partial charge < -0.3 is 19.9 Å². The molecule has 0 bridgehead atoms. The van der Waals surface area contributed by atoms with Crippen LogP contribution in [-0.2, 0) is 6.42 Å². The molecule has 148 valence electrons. The molecule has 3 rings (SSSR count). The lowest BCUT2D eigenvalue weighted by molar-refractivity contribution is 0.261. The van der Waals surface area contributed by atoms with Gasteiger partial charge in [0, 0.05) is 30.9 Å². The second-order valence-electron chi connectivity index (χ2n) is 6.58. The number of rotatable bonds is 6. The van der Waals surface area contributed by atoms with Gasteiger partial charge in [0.25, 0.3) is 0 Å². The smallest absolute Gasteiger partial charge is 0.228 e. The molecule has 8 heteroatoms. The molecule has 2 heterocycles. The fourth-order valence-electron chi connectivity index (χ4n) is 2.84. The van der Waals surface area contributed by atoms with Crippen LogP contribution in [-0.4, -0.2) is 35.8 Å². The standard InChI is InChI=1S/C19H27N5O2.HI/c1-4-20-19(21-11-9-17-23-18(13(2)3)24-26-17)22-15-10-12-25-16-8-6-5-7-14(15)16;/h5-8,13,15H,4,9-12H2,1-3H3,(H2,20,21,22);1H. The molecule has 0 fully saturated rings. The number of para-hydroxylation sites is 1. The molecule has 1 unspecified atom stereocenters. The van der Waals surface area contributed by atoms with Gasteiger partial charge in [-0.3, -0.25) is 4.99 Å². The van der Waals surface area contributed by atoms with Gasteiger partial charge in [-0.15, -0.1) is 24.0 Å². The molecule has 0 aliphatic carbocycles. The summed E-state index contributed by atoms with van der Waals surface area (Å²) in [4.78, 5) is 9.05. The van der Waals surface area contributed by atoms with Crippen LogP contribution in [0.2, 0.25) is 0 Å². The molecule has 2 aromatic rings. The molecule has 1 aromatic carbocycles. The number of benzene rings is 1. The maximum atomic E-state index is 5.73. The topological polar surface area (TPSA) is 84.6 Å². The third-order valence-electron chi connectivity index (χ3n) is 4.21. The lowest BCUT2D eigenvalue weighted by atomic mass is 10.0. The Labute approximate surface area is 177 Å². The fraction of sp³-hybridized carbons (Fsp3) is 0.526. The van der Waals surface area contributed by atoms with E-state index in [-0.39, 0.29) is 35.9 Å². The number of ether oxygens (including phenoxy) is 1. The van der Waals surface area contributed by atoms with Crippen LogP contribution >= 0.6 is 24.0 Å². The van der Waals surface area contributed by atoms with E-state index in [4.69, 9.17) is 9.26 Å². The van der Waals surface area contributed by atoms with E-state index in [0.717, 1.165) is 30.5 Å². The first kappa shape index (κ1) is 21.5. The fourth-order valence-corrected chi connectivity index (χ4v) is 2.84. The predicted octanol–water partition coefficient (Wildman–Crippen LogP) is 3.43. The molecule has 1 aliphatic rings. The molecule has 27 heavy (non-hydrogen) atoms. The zero-order valence-corrected chi connectivity index (χ0v) is 18.4. The van der Waals surface area contributed by atoms with Crippen molar-refractivity contribution < 1.29 is 9.26 Å². The Morgan fingerprint density at radius 2 is 2.15 bits per heavy atom. The van der Waals surface area contributed by atoms with E-state index < -0.39 is 0 Å². The van der Waals surface area contributed by atoms with Crippen LogP contribution in [0.1, 0.15) is 56.4 Å². The summed E-state index contributed by atoms with van der Waals surface area (Å²) < 4.78 is 11.0. The van der Waals surface area contributed by atoms with Crippen LogP contribution in [0.15, 0.2) is 33.8 Å². The summed E-state index contributed by atoms with van der Waals surface area (Å²) in [6.45, 7) is 8.24. The van der Waals surface area contributed by atoms with Crippen LogP contribution in [0.5, 0.6) is 5.75 Å². The third kappa shape index (κ3) is 5.82. The van der Waals surface area contributed by atoms with Crippen molar-refractivity contribution in [3.8, 4) is 5.75 Å². The van der Waals surface area contributed by atoms with Crippen molar-refractivity contribution in [1.82, 2.24) is 20.8 Å². The Morgan fingerprint density at radius 1 is 1.33 bits per heavy atom. The maximum Gasteiger partial charge on any atom is 0.228 e. The molecule has 1 aliphatic heterocycles. The highest BCUT2D eigenvalue weighted by atomic mass is 127.